The van der Waals surface area contributed by atoms with Crippen molar-refractivity contribution in [2.75, 3.05) is 14.2 Å². The van der Waals surface area contributed by atoms with Gasteiger partial charge in [0.1, 0.15) is 11.7 Å². The molecule has 1 saturated heterocycles. The Morgan fingerprint density at radius 2 is 2.12 bits per heavy atom. The summed E-state index contributed by atoms with van der Waals surface area (Å²) in [6.45, 7) is 2.46. The Kier molecular flexibility index (Phi) is 3.95. The predicted octanol–water partition coefficient (Wildman–Crippen LogP) is 2.66. The summed E-state index contributed by atoms with van der Waals surface area (Å²) in [5.41, 5.74) is 0.919. The van der Waals surface area contributed by atoms with Crippen molar-refractivity contribution in [2.45, 2.75) is 44.5 Å². The molecule has 134 valence electrons. The van der Waals surface area contributed by atoms with Crippen molar-refractivity contribution in [1.29, 1.82) is 0 Å². The molecule has 2 fully saturated rings. The highest BCUT2D eigenvalue weighted by atomic mass is 16.6. The SMILES string of the molecule is COc1ccc(CO[C@]23C4=C[C@@H](C)CC2CC[C@H]3OC4=O)c(OC)n1. The molecule has 1 aromatic heterocycles. The standard InChI is InChI=1S/C19H23NO5/c1-11-8-13-5-6-15-19(13,14(9-11)18(21)25-15)24-10-12-4-7-16(22-2)20-17(12)23-3/h4,7,9,11,13,15H,5-6,8,10H2,1-3H3/t11-,13?,15+,19-/m0/s1. The number of allylic oxidation sites excluding steroid dienone is 1. The van der Waals surface area contributed by atoms with Crippen LogP contribution in [-0.4, -0.2) is 36.9 Å². The lowest BCUT2D eigenvalue weighted by molar-refractivity contribution is -0.142. The van der Waals surface area contributed by atoms with Gasteiger partial charge in [-0.15, -0.1) is 0 Å². The van der Waals surface area contributed by atoms with E-state index < -0.39 is 5.60 Å². The summed E-state index contributed by atoms with van der Waals surface area (Å²) in [5.74, 6) is 1.43. The Bertz CT molecular complexity index is 731. The minimum atomic E-state index is -0.617. The fraction of sp³-hybridized carbons (Fsp3) is 0.579. The molecule has 0 N–H and O–H groups in total. The smallest absolute Gasteiger partial charge is 0.337 e. The largest absolute Gasteiger partial charge is 0.481 e. The minimum Gasteiger partial charge on any atom is -0.481 e. The summed E-state index contributed by atoms with van der Waals surface area (Å²) in [6, 6.07) is 3.67. The maximum Gasteiger partial charge on any atom is 0.337 e. The molecule has 4 atom stereocenters. The zero-order chi connectivity index (χ0) is 17.6. The van der Waals surface area contributed by atoms with Gasteiger partial charge in [0.05, 0.1) is 26.4 Å². The van der Waals surface area contributed by atoms with Crippen LogP contribution in [0.3, 0.4) is 0 Å². The molecule has 4 rings (SSSR count). The van der Waals surface area contributed by atoms with Crippen LogP contribution in [0.2, 0.25) is 0 Å². The van der Waals surface area contributed by atoms with Crippen molar-refractivity contribution >= 4 is 5.97 Å². The summed E-state index contributed by atoms with van der Waals surface area (Å²) < 4.78 is 22.6. The molecule has 0 spiro atoms. The molecule has 2 aliphatic carbocycles. The lowest BCUT2D eigenvalue weighted by Gasteiger charge is -2.38. The maximum absolute atomic E-state index is 12.3. The molecule has 0 amide bonds. The summed E-state index contributed by atoms with van der Waals surface area (Å²) >= 11 is 0. The Balaban J connectivity index is 1.64. The van der Waals surface area contributed by atoms with Crippen LogP contribution in [0, 0.1) is 11.8 Å². The molecule has 1 aliphatic heterocycles. The van der Waals surface area contributed by atoms with Crippen molar-refractivity contribution < 1.29 is 23.7 Å². The quantitative estimate of drug-likeness (QED) is 0.765. The van der Waals surface area contributed by atoms with Gasteiger partial charge in [0.25, 0.3) is 0 Å². The van der Waals surface area contributed by atoms with E-state index in [0.717, 1.165) is 24.8 Å². The first-order chi connectivity index (χ1) is 12.1. The van der Waals surface area contributed by atoms with E-state index >= 15 is 0 Å². The second kappa shape index (κ2) is 6.02. The first-order valence-electron chi connectivity index (χ1n) is 8.73. The van der Waals surface area contributed by atoms with Crippen LogP contribution < -0.4 is 9.47 Å². The zero-order valence-electron chi connectivity index (χ0n) is 14.8. The van der Waals surface area contributed by atoms with E-state index in [1.165, 1.54) is 0 Å². The molecule has 0 bridgehead atoms. The van der Waals surface area contributed by atoms with E-state index in [9.17, 15) is 4.79 Å². The minimum absolute atomic E-state index is 0.180. The average molecular weight is 345 g/mol. The van der Waals surface area contributed by atoms with Gasteiger partial charge in [-0.2, -0.15) is 4.98 Å². The third-order valence-electron chi connectivity index (χ3n) is 5.64. The van der Waals surface area contributed by atoms with Gasteiger partial charge in [-0.1, -0.05) is 13.0 Å². The van der Waals surface area contributed by atoms with Crippen LogP contribution in [0.1, 0.15) is 31.7 Å². The van der Waals surface area contributed by atoms with Crippen LogP contribution in [0.15, 0.2) is 23.8 Å². The topological polar surface area (TPSA) is 66.9 Å². The Morgan fingerprint density at radius 3 is 2.88 bits per heavy atom. The van der Waals surface area contributed by atoms with Gasteiger partial charge in [0.15, 0.2) is 0 Å². The fourth-order valence-corrected chi connectivity index (χ4v) is 4.57. The summed E-state index contributed by atoms with van der Waals surface area (Å²) in [6.07, 6.45) is 4.76. The number of rotatable bonds is 5. The highest BCUT2D eigenvalue weighted by molar-refractivity contribution is 5.94. The molecule has 6 nitrogen and oxygen atoms in total. The van der Waals surface area contributed by atoms with E-state index in [-0.39, 0.29) is 12.1 Å². The van der Waals surface area contributed by atoms with Crippen LogP contribution in [0.4, 0.5) is 0 Å². The Labute approximate surface area is 147 Å². The molecule has 1 saturated carbocycles. The van der Waals surface area contributed by atoms with Gasteiger partial charge in [0, 0.05) is 11.6 Å². The normalized spacial score (nSPS) is 32.8. The van der Waals surface area contributed by atoms with Crippen molar-refractivity contribution in [1.82, 2.24) is 4.98 Å². The fourth-order valence-electron chi connectivity index (χ4n) is 4.57. The molecule has 25 heavy (non-hydrogen) atoms. The van der Waals surface area contributed by atoms with Gasteiger partial charge in [-0.05, 0) is 37.2 Å². The van der Waals surface area contributed by atoms with E-state index in [4.69, 9.17) is 18.9 Å². The van der Waals surface area contributed by atoms with Crippen molar-refractivity contribution in [3.63, 3.8) is 0 Å². The van der Waals surface area contributed by atoms with Gasteiger partial charge in [0.2, 0.25) is 11.8 Å². The summed E-state index contributed by atoms with van der Waals surface area (Å²) in [7, 11) is 3.14. The van der Waals surface area contributed by atoms with Crippen LogP contribution in [-0.2, 0) is 20.9 Å². The van der Waals surface area contributed by atoms with Crippen LogP contribution in [0.5, 0.6) is 11.8 Å². The number of methoxy groups -OCH3 is 2. The molecule has 3 aliphatic rings. The number of esters is 1. The lowest BCUT2D eigenvalue weighted by Crippen LogP contribution is -2.46. The highest BCUT2D eigenvalue weighted by Gasteiger charge is 2.63. The number of carbonyl (C=O) groups excluding carboxylic acids is 1. The molecule has 0 aromatic carbocycles. The number of ether oxygens (including phenoxy) is 4. The summed E-state index contributed by atoms with van der Waals surface area (Å²) in [5, 5.41) is 0. The van der Waals surface area contributed by atoms with Crippen molar-refractivity contribution in [3.8, 4) is 11.8 Å². The van der Waals surface area contributed by atoms with Gasteiger partial charge < -0.3 is 18.9 Å². The van der Waals surface area contributed by atoms with E-state index in [1.807, 2.05) is 12.1 Å². The molecule has 6 heteroatoms. The van der Waals surface area contributed by atoms with Crippen LogP contribution >= 0.6 is 0 Å². The first kappa shape index (κ1) is 16.4. The number of aromatic nitrogens is 1. The number of nitrogens with zero attached hydrogens (tertiary/aromatic N) is 1. The predicted molar refractivity (Wildman–Crippen MR) is 89.3 cm³/mol. The molecule has 0 radical (unpaired) electrons. The van der Waals surface area contributed by atoms with E-state index in [0.29, 0.717) is 35.8 Å². The lowest BCUT2D eigenvalue weighted by atomic mass is 9.73. The number of carbonyl (C=O) groups is 1. The Hall–Kier alpha value is -2.08. The van der Waals surface area contributed by atoms with Gasteiger partial charge >= 0.3 is 5.97 Å². The molecular formula is C19H23NO5. The van der Waals surface area contributed by atoms with E-state index in [2.05, 4.69) is 11.9 Å². The molecule has 2 heterocycles. The number of hydrogen-bond donors (Lipinski definition) is 0. The number of pyridine rings is 1. The highest BCUT2D eigenvalue weighted by Crippen LogP contribution is 2.55. The van der Waals surface area contributed by atoms with Crippen LogP contribution in [0.25, 0.3) is 0 Å². The molecule has 1 unspecified atom stereocenters. The average Bonchev–Trinajstić information content (AvgIpc) is 3.10. The van der Waals surface area contributed by atoms with Gasteiger partial charge in [-0.3, -0.25) is 0 Å². The molecule has 1 aromatic rings. The second-order valence-electron chi connectivity index (χ2n) is 7.07. The Morgan fingerprint density at radius 1 is 1.28 bits per heavy atom. The van der Waals surface area contributed by atoms with E-state index in [1.54, 1.807) is 20.3 Å². The summed E-state index contributed by atoms with van der Waals surface area (Å²) in [4.78, 5) is 16.6. The third kappa shape index (κ3) is 2.42. The zero-order valence-corrected chi connectivity index (χ0v) is 14.8. The van der Waals surface area contributed by atoms with Gasteiger partial charge in [-0.25, -0.2) is 4.79 Å². The maximum atomic E-state index is 12.3. The second-order valence-corrected chi connectivity index (χ2v) is 7.07. The molecular weight excluding hydrogens is 322 g/mol. The van der Waals surface area contributed by atoms with Crippen molar-refractivity contribution in [3.05, 3.63) is 29.3 Å². The first-order valence-corrected chi connectivity index (χ1v) is 8.73. The van der Waals surface area contributed by atoms with Crippen molar-refractivity contribution in [2.24, 2.45) is 11.8 Å². The monoisotopic (exact) mass is 345 g/mol. The third-order valence-corrected chi connectivity index (χ3v) is 5.64. The number of hydrogen-bond acceptors (Lipinski definition) is 6.